The van der Waals surface area contributed by atoms with Crippen molar-refractivity contribution in [3.05, 3.63) is 59.2 Å². The van der Waals surface area contributed by atoms with Gasteiger partial charge in [0.2, 0.25) is 0 Å². The lowest BCUT2D eigenvalue weighted by Crippen LogP contribution is -2.45. The number of ether oxygens (including phenoxy) is 3. The molecule has 0 saturated carbocycles. The van der Waals surface area contributed by atoms with Crippen LogP contribution < -0.4 is 16.8 Å². The SMILES string of the molecule is CC(C)(C)N(CCc1cccc2nc(CN)n(COCC[Si](C)(C)C)c12)C(=O)O.CC(C)(C)OC(=O)NCCc1cccc2c1nc(CN)n2COCC[Si](C)(C)C. The number of fused-ring (bicyclic) bond motifs is 2. The molecule has 4 rings (SSSR count). The number of amides is 2. The minimum Gasteiger partial charge on any atom is -0.465 e. The van der Waals surface area contributed by atoms with Crippen LogP contribution in [0.2, 0.25) is 51.4 Å². The van der Waals surface area contributed by atoms with Crippen LogP contribution in [0.1, 0.15) is 64.3 Å². The Morgan fingerprint density at radius 3 is 1.88 bits per heavy atom. The number of aromatic nitrogens is 4. The number of imidazole rings is 2. The number of rotatable bonds is 18. The molecule has 0 radical (unpaired) electrons. The van der Waals surface area contributed by atoms with E-state index in [0.717, 1.165) is 70.1 Å². The van der Waals surface area contributed by atoms with Crippen molar-refractivity contribution in [1.82, 2.24) is 29.3 Å². The average molecular weight is 841 g/mol. The number of benzene rings is 2. The smallest absolute Gasteiger partial charge is 0.407 e. The number of hydrogen-bond acceptors (Lipinski definition) is 9. The van der Waals surface area contributed by atoms with Crippen LogP contribution in [0.5, 0.6) is 0 Å². The van der Waals surface area contributed by atoms with E-state index in [-0.39, 0.29) is 0 Å². The lowest BCUT2D eigenvalue weighted by molar-refractivity contribution is 0.0528. The van der Waals surface area contributed by atoms with Gasteiger partial charge in [-0.2, -0.15) is 0 Å². The molecule has 58 heavy (non-hydrogen) atoms. The molecule has 0 spiro atoms. The van der Waals surface area contributed by atoms with Crippen LogP contribution in [0.3, 0.4) is 0 Å². The van der Waals surface area contributed by atoms with Gasteiger partial charge in [0.05, 0.1) is 35.2 Å². The Morgan fingerprint density at radius 1 is 0.793 bits per heavy atom. The average Bonchev–Trinajstić information content (AvgIpc) is 3.65. The molecule has 4 aromatic rings. The minimum absolute atomic E-state index is 0.328. The van der Waals surface area contributed by atoms with Gasteiger partial charge in [-0.3, -0.25) is 0 Å². The van der Waals surface area contributed by atoms with Crippen molar-refractivity contribution in [2.24, 2.45) is 11.5 Å². The summed E-state index contributed by atoms with van der Waals surface area (Å²) in [6.07, 6.45) is -0.0521. The van der Waals surface area contributed by atoms with Crippen LogP contribution in [-0.4, -0.2) is 94.9 Å². The maximum atomic E-state index is 11.9. The van der Waals surface area contributed by atoms with Gasteiger partial charge in [-0.1, -0.05) is 63.5 Å². The minimum atomic E-state index is -1.16. The Morgan fingerprint density at radius 2 is 1.34 bits per heavy atom. The number of carbonyl (C=O) groups excluding carboxylic acids is 1. The summed E-state index contributed by atoms with van der Waals surface area (Å²) in [5.41, 5.74) is 16.8. The fourth-order valence-corrected chi connectivity index (χ4v) is 7.70. The summed E-state index contributed by atoms with van der Waals surface area (Å²) in [6, 6.07) is 14.3. The van der Waals surface area contributed by atoms with Crippen LogP contribution in [0.15, 0.2) is 36.4 Å². The van der Waals surface area contributed by atoms with Crippen molar-refractivity contribution in [3.8, 4) is 0 Å². The molecule has 2 amide bonds. The van der Waals surface area contributed by atoms with Crippen LogP contribution in [0, 0.1) is 0 Å². The molecular weight excluding hydrogens is 769 g/mol. The van der Waals surface area contributed by atoms with Crippen molar-refractivity contribution in [3.63, 3.8) is 0 Å². The van der Waals surface area contributed by atoms with E-state index < -0.39 is 39.5 Å². The molecule has 0 bridgehead atoms. The highest BCUT2D eigenvalue weighted by Gasteiger charge is 2.26. The number of nitrogens with zero attached hydrogens (tertiary/aromatic N) is 5. The predicted molar refractivity (Wildman–Crippen MR) is 240 cm³/mol. The monoisotopic (exact) mass is 841 g/mol. The van der Waals surface area contributed by atoms with Gasteiger partial charge in [-0.25, -0.2) is 19.6 Å². The first kappa shape index (κ1) is 48.6. The molecule has 0 aliphatic heterocycles. The van der Waals surface area contributed by atoms with Gasteiger partial charge in [-0.05, 0) is 89.7 Å². The molecule has 324 valence electrons. The molecule has 0 aliphatic carbocycles. The molecule has 0 aliphatic rings. The van der Waals surface area contributed by atoms with Crippen LogP contribution >= 0.6 is 0 Å². The Labute approximate surface area is 348 Å². The number of hydrogen-bond donors (Lipinski definition) is 4. The largest absolute Gasteiger partial charge is 0.465 e. The fraction of sp³-hybridized carbons (Fsp3) is 0.619. The quantitative estimate of drug-likeness (QED) is 0.0565. The van der Waals surface area contributed by atoms with Crippen molar-refractivity contribution in [2.75, 3.05) is 26.3 Å². The Bertz CT molecular complexity index is 1940. The first-order valence-electron chi connectivity index (χ1n) is 20.4. The molecule has 2 aromatic carbocycles. The predicted octanol–water partition coefficient (Wildman–Crippen LogP) is 8.00. The number of carbonyl (C=O) groups is 2. The van der Waals surface area contributed by atoms with E-state index in [0.29, 0.717) is 52.5 Å². The summed E-state index contributed by atoms with van der Waals surface area (Å²) in [6.45, 7) is 29.2. The molecule has 0 saturated heterocycles. The van der Waals surface area contributed by atoms with Gasteiger partial charge < -0.3 is 50.1 Å². The highest BCUT2D eigenvalue weighted by atomic mass is 28.3. The zero-order chi connectivity index (χ0) is 43.5. The van der Waals surface area contributed by atoms with Crippen molar-refractivity contribution < 1.29 is 28.9 Å². The van der Waals surface area contributed by atoms with Gasteiger partial charge in [0, 0.05) is 48.0 Å². The van der Waals surface area contributed by atoms with Gasteiger partial charge in [0.25, 0.3) is 0 Å². The summed E-state index contributed by atoms with van der Waals surface area (Å²) in [5, 5.41) is 12.4. The maximum absolute atomic E-state index is 11.9. The zero-order valence-electron chi connectivity index (χ0n) is 37.3. The van der Waals surface area contributed by atoms with Gasteiger partial charge in [0.1, 0.15) is 30.7 Å². The number of nitrogens with two attached hydrogens (primary N) is 2. The molecule has 16 heteroatoms. The number of para-hydroxylation sites is 2. The summed E-state index contributed by atoms with van der Waals surface area (Å²) in [5.74, 6) is 1.59. The third-order valence-corrected chi connectivity index (χ3v) is 12.8. The molecule has 2 heterocycles. The molecule has 6 N–H and O–H groups in total. The third kappa shape index (κ3) is 15.4. The molecule has 0 atom stereocenters. The van der Waals surface area contributed by atoms with Gasteiger partial charge in [0.15, 0.2) is 0 Å². The Kier molecular flexibility index (Phi) is 17.5. The lowest BCUT2D eigenvalue weighted by atomic mass is 10.0. The second-order valence-corrected chi connectivity index (χ2v) is 30.4. The third-order valence-electron chi connectivity index (χ3n) is 9.38. The van der Waals surface area contributed by atoms with E-state index in [1.54, 1.807) is 0 Å². The van der Waals surface area contributed by atoms with E-state index in [9.17, 15) is 14.7 Å². The van der Waals surface area contributed by atoms with Crippen LogP contribution in [0.25, 0.3) is 22.1 Å². The fourth-order valence-electron chi connectivity index (χ4n) is 6.19. The van der Waals surface area contributed by atoms with E-state index in [4.69, 9.17) is 30.7 Å². The van der Waals surface area contributed by atoms with E-state index in [1.165, 1.54) is 4.90 Å². The number of alkyl carbamates (subject to hydrolysis) is 1. The first-order chi connectivity index (χ1) is 26.9. The van der Waals surface area contributed by atoms with Gasteiger partial charge in [-0.15, -0.1) is 0 Å². The normalized spacial score (nSPS) is 12.4. The lowest BCUT2D eigenvalue weighted by Gasteiger charge is -2.33. The highest BCUT2D eigenvalue weighted by Crippen LogP contribution is 2.24. The number of nitrogens with one attached hydrogen (secondary N) is 1. The van der Waals surface area contributed by atoms with Gasteiger partial charge >= 0.3 is 12.2 Å². The second kappa shape index (κ2) is 20.9. The van der Waals surface area contributed by atoms with Crippen LogP contribution in [-0.2, 0) is 53.6 Å². The summed E-state index contributed by atoms with van der Waals surface area (Å²) < 4.78 is 21.3. The van der Waals surface area contributed by atoms with Crippen molar-refractivity contribution >= 4 is 50.4 Å². The molecule has 14 nitrogen and oxygen atoms in total. The maximum Gasteiger partial charge on any atom is 0.407 e. The molecule has 2 aromatic heterocycles. The molecule has 0 unspecified atom stereocenters. The van der Waals surface area contributed by atoms with Crippen LogP contribution in [0.4, 0.5) is 9.59 Å². The Hall–Kier alpha value is -3.81. The van der Waals surface area contributed by atoms with Crippen molar-refractivity contribution in [1.29, 1.82) is 0 Å². The summed E-state index contributed by atoms with van der Waals surface area (Å²) in [7, 11) is -2.28. The standard InChI is InChI=1S/2C21H36N4O3Si/c1-21(2,3)25(20(26)27)11-10-16-8-7-9-17-19(16)24(18(14-22)23-17)15-28-12-13-29(4,5)6;1-21(2,3)28-20(26)23-11-10-16-8-7-9-17-19(16)24-18(14-22)25(17)15-27-12-13-29(4,5)6/h7-9H,10-15,22H2,1-6H3,(H,26,27);7-9H,10-15,22H2,1-6H3,(H,23,26). The molecular formula is C42H72N8O6Si2. The summed E-state index contributed by atoms with van der Waals surface area (Å²) in [4.78, 5) is 34.4. The highest BCUT2D eigenvalue weighted by molar-refractivity contribution is 6.76. The first-order valence-corrected chi connectivity index (χ1v) is 27.8. The second-order valence-electron chi connectivity index (χ2n) is 19.1. The van der Waals surface area contributed by atoms with E-state index in [2.05, 4.69) is 49.6 Å². The summed E-state index contributed by atoms with van der Waals surface area (Å²) >= 11 is 0. The topological polar surface area (TPSA) is 185 Å². The Balaban J connectivity index is 0.000000310. The number of carboxylic acid groups (broad SMARTS) is 1. The van der Waals surface area contributed by atoms with E-state index >= 15 is 0 Å². The molecule has 0 fully saturated rings. The zero-order valence-corrected chi connectivity index (χ0v) is 39.3. The van der Waals surface area contributed by atoms with E-state index in [1.807, 2.05) is 87.1 Å². The van der Waals surface area contributed by atoms with Crippen molar-refractivity contribution in [2.45, 2.75) is 143 Å².